The van der Waals surface area contributed by atoms with Gasteiger partial charge in [-0.3, -0.25) is 4.79 Å². The van der Waals surface area contributed by atoms with E-state index in [1.165, 1.54) is 11.1 Å². The second-order valence-corrected chi connectivity index (χ2v) is 9.65. The summed E-state index contributed by atoms with van der Waals surface area (Å²) in [5, 5.41) is 3.67. The molecule has 0 saturated heterocycles. The normalized spacial score (nSPS) is 17.4. The quantitative estimate of drug-likeness (QED) is 0.456. The number of nitrogens with zero attached hydrogens (tertiary/aromatic N) is 2. The Morgan fingerprint density at radius 1 is 1.24 bits per heavy atom. The van der Waals surface area contributed by atoms with Crippen LogP contribution in [-0.2, 0) is 17.6 Å². The van der Waals surface area contributed by atoms with E-state index in [-0.39, 0.29) is 17.2 Å². The van der Waals surface area contributed by atoms with Crippen LogP contribution in [0.2, 0.25) is 0 Å². The van der Waals surface area contributed by atoms with Crippen LogP contribution in [-0.4, -0.2) is 28.9 Å². The van der Waals surface area contributed by atoms with Crippen molar-refractivity contribution in [2.75, 3.05) is 7.11 Å². The van der Waals surface area contributed by atoms with Crippen molar-refractivity contribution in [3.63, 3.8) is 0 Å². The zero-order valence-electron chi connectivity index (χ0n) is 20.9. The van der Waals surface area contributed by atoms with Gasteiger partial charge in [-0.25, -0.2) is 9.97 Å². The average Bonchev–Trinajstić information content (AvgIpc) is 2.77. The molecule has 1 unspecified atom stereocenters. The van der Waals surface area contributed by atoms with Gasteiger partial charge in [0.05, 0.1) is 7.11 Å². The molecule has 0 saturated carbocycles. The summed E-state index contributed by atoms with van der Waals surface area (Å²) in [4.78, 5) is 21.7. The van der Waals surface area contributed by atoms with Gasteiger partial charge in [-0.1, -0.05) is 46.4 Å². The van der Waals surface area contributed by atoms with Crippen LogP contribution in [0.4, 0.5) is 0 Å². The number of carbonyl (C=O) groups excluding carboxylic acids is 1. The van der Waals surface area contributed by atoms with Gasteiger partial charge in [-0.15, -0.1) is 0 Å². The lowest BCUT2D eigenvalue weighted by atomic mass is 9.77. The number of hydrogen-bond donors (Lipinski definition) is 1. The Labute approximate surface area is 197 Å². The number of carbonyl (C=O) groups is 1. The third kappa shape index (κ3) is 5.24. The van der Waals surface area contributed by atoms with E-state index in [2.05, 4.69) is 61.7 Å². The molecule has 0 fully saturated rings. The van der Waals surface area contributed by atoms with Crippen LogP contribution in [0.1, 0.15) is 58.2 Å². The SMILES string of the molecule is C=C(C)/C(=C/C)C(=O)/C=C1\NC(C(C)(C)C)Cc2cc(-c3cnc(OC)nc3)c(CC)cc21. The van der Waals surface area contributed by atoms with Gasteiger partial charge >= 0.3 is 6.01 Å². The van der Waals surface area contributed by atoms with E-state index < -0.39 is 0 Å². The van der Waals surface area contributed by atoms with Crippen molar-refractivity contribution in [3.8, 4) is 17.1 Å². The summed E-state index contributed by atoms with van der Waals surface area (Å²) in [7, 11) is 1.56. The number of fused-ring (bicyclic) bond motifs is 1. The molecule has 2 aromatic rings. The molecule has 174 valence electrons. The molecule has 0 aliphatic carbocycles. The molecule has 5 nitrogen and oxygen atoms in total. The van der Waals surface area contributed by atoms with Crippen LogP contribution < -0.4 is 10.1 Å². The summed E-state index contributed by atoms with van der Waals surface area (Å²) in [6.07, 6.45) is 8.90. The summed E-state index contributed by atoms with van der Waals surface area (Å²) in [6, 6.07) is 4.99. The van der Waals surface area contributed by atoms with Crippen molar-refractivity contribution in [1.29, 1.82) is 0 Å². The average molecular weight is 446 g/mol. The largest absolute Gasteiger partial charge is 0.467 e. The summed E-state index contributed by atoms with van der Waals surface area (Å²) in [6.45, 7) is 16.5. The molecule has 2 heterocycles. The zero-order chi connectivity index (χ0) is 24.3. The van der Waals surface area contributed by atoms with Crippen LogP contribution in [0.5, 0.6) is 6.01 Å². The number of aryl methyl sites for hydroxylation is 1. The number of ether oxygens (including phenoxy) is 1. The molecule has 0 spiro atoms. The van der Waals surface area contributed by atoms with Gasteiger partial charge < -0.3 is 10.1 Å². The predicted octanol–water partition coefficient (Wildman–Crippen LogP) is 5.71. The number of nitrogens with one attached hydrogen (secondary N) is 1. The van der Waals surface area contributed by atoms with E-state index in [4.69, 9.17) is 4.74 Å². The number of methoxy groups -OCH3 is 1. The molecule has 1 aliphatic rings. The number of hydrogen-bond acceptors (Lipinski definition) is 5. The standard InChI is InChI=1S/C28H35N3O2/c1-9-18-11-23-19(12-22(18)20-15-29-27(33-8)30-16-20)13-26(28(5,6)7)31-24(23)14-25(32)21(10-2)17(3)4/h10-12,14-16,26,31H,3,9,13H2,1-2,4-8H3/b21-10-,24-14-. The van der Waals surface area contributed by atoms with Gasteiger partial charge in [-0.2, -0.15) is 0 Å². The Balaban J connectivity index is 2.17. The first-order valence-electron chi connectivity index (χ1n) is 11.5. The third-order valence-corrected chi connectivity index (χ3v) is 6.21. The lowest BCUT2D eigenvalue weighted by Gasteiger charge is -2.38. The number of allylic oxidation sites excluding steroid dienone is 4. The lowest BCUT2D eigenvalue weighted by Crippen LogP contribution is -2.44. The van der Waals surface area contributed by atoms with E-state index in [9.17, 15) is 4.79 Å². The smallest absolute Gasteiger partial charge is 0.316 e. The summed E-state index contributed by atoms with van der Waals surface area (Å²) in [5.74, 6) is -0.0290. The van der Waals surface area contributed by atoms with Gasteiger partial charge in [0.15, 0.2) is 5.78 Å². The number of benzene rings is 1. The highest BCUT2D eigenvalue weighted by atomic mass is 16.5. The van der Waals surface area contributed by atoms with Crippen molar-refractivity contribution in [3.05, 3.63) is 71.1 Å². The van der Waals surface area contributed by atoms with E-state index >= 15 is 0 Å². The minimum atomic E-state index is -0.0290. The maximum absolute atomic E-state index is 13.1. The maximum atomic E-state index is 13.1. The number of rotatable bonds is 6. The summed E-state index contributed by atoms with van der Waals surface area (Å²) < 4.78 is 5.12. The maximum Gasteiger partial charge on any atom is 0.316 e. The zero-order valence-corrected chi connectivity index (χ0v) is 20.9. The molecular weight excluding hydrogens is 410 g/mol. The lowest BCUT2D eigenvalue weighted by molar-refractivity contribution is -0.111. The van der Waals surface area contributed by atoms with Gasteiger partial charge in [-0.05, 0) is 60.4 Å². The molecule has 0 amide bonds. The van der Waals surface area contributed by atoms with E-state index in [0.29, 0.717) is 11.6 Å². The highest BCUT2D eigenvalue weighted by Crippen LogP contribution is 2.37. The fourth-order valence-electron chi connectivity index (χ4n) is 4.22. The van der Waals surface area contributed by atoms with Gasteiger partial charge in [0, 0.05) is 46.9 Å². The molecule has 1 N–H and O–H groups in total. The summed E-state index contributed by atoms with van der Waals surface area (Å²) >= 11 is 0. The molecule has 1 atom stereocenters. The Morgan fingerprint density at radius 2 is 1.91 bits per heavy atom. The van der Waals surface area contributed by atoms with Crippen LogP contribution in [0, 0.1) is 5.41 Å². The Hall–Kier alpha value is -3.21. The summed E-state index contributed by atoms with van der Waals surface area (Å²) in [5.41, 5.74) is 7.86. The van der Waals surface area contributed by atoms with Crippen LogP contribution >= 0.6 is 0 Å². The fraction of sp³-hybridized carbons (Fsp3) is 0.393. The molecule has 5 heteroatoms. The highest BCUT2D eigenvalue weighted by Gasteiger charge is 2.31. The first-order chi connectivity index (χ1) is 15.6. The fourth-order valence-corrected chi connectivity index (χ4v) is 4.22. The molecule has 1 aromatic carbocycles. The first-order valence-corrected chi connectivity index (χ1v) is 11.5. The van der Waals surface area contributed by atoms with Gasteiger partial charge in [0.25, 0.3) is 0 Å². The topological polar surface area (TPSA) is 64.1 Å². The number of ketones is 1. The van der Waals surface area contributed by atoms with Crippen LogP contribution in [0.15, 0.2) is 54.4 Å². The highest BCUT2D eigenvalue weighted by molar-refractivity contribution is 6.10. The van der Waals surface area contributed by atoms with Crippen molar-refractivity contribution >= 4 is 11.5 Å². The molecular formula is C28H35N3O2. The van der Waals surface area contributed by atoms with Crippen molar-refractivity contribution < 1.29 is 9.53 Å². The minimum absolute atomic E-state index is 0.0183. The van der Waals surface area contributed by atoms with Crippen molar-refractivity contribution in [2.24, 2.45) is 5.41 Å². The van der Waals surface area contributed by atoms with Crippen LogP contribution in [0.25, 0.3) is 16.8 Å². The molecule has 1 aromatic heterocycles. The molecule has 33 heavy (non-hydrogen) atoms. The predicted molar refractivity (Wildman–Crippen MR) is 135 cm³/mol. The second kappa shape index (κ2) is 9.74. The Kier molecular flexibility index (Phi) is 7.21. The molecule has 1 aliphatic heterocycles. The van der Waals surface area contributed by atoms with Gasteiger partial charge in [0.2, 0.25) is 0 Å². The molecule has 3 rings (SSSR count). The van der Waals surface area contributed by atoms with E-state index in [1.54, 1.807) is 25.6 Å². The number of aromatic nitrogens is 2. The molecule has 0 radical (unpaired) electrons. The van der Waals surface area contributed by atoms with Gasteiger partial charge in [0.1, 0.15) is 0 Å². The third-order valence-electron chi connectivity index (χ3n) is 6.21. The van der Waals surface area contributed by atoms with Crippen molar-refractivity contribution in [1.82, 2.24) is 15.3 Å². The minimum Gasteiger partial charge on any atom is -0.467 e. The first kappa shape index (κ1) is 24.4. The monoisotopic (exact) mass is 445 g/mol. The Morgan fingerprint density at radius 3 is 2.42 bits per heavy atom. The molecule has 0 bridgehead atoms. The van der Waals surface area contributed by atoms with E-state index in [0.717, 1.165) is 40.8 Å². The Bertz CT molecular complexity index is 1120. The van der Waals surface area contributed by atoms with Crippen molar-refractivity contribution in [2.45, 2.75) is 60.4 Å². The van der Waals surface area contributed by atoms with Crippen LogP contribution in [0.3, 0.4) is 0 Å². The second-order valence-electron chi connectivity index (χ2n) is 9.65. The van der Waals surface area contributed by atoms with E-state index in [1.807, 2.05) is 19.9 Å².